The molecule has 1 aromatic heterocycles. The molecule has 1 atom stereocenters. The van der Waals surface area contributed by atoms with E-state index in [4.69, 9.17) is 0 Å². The lowest BCUT2D eigenvalue weighted by Gasteiger charge is -2.24. The number of rotatable bonds is 2. The van der Waals surface area contributed by atoms with E-state index in [9.17, 15) is 9.18 Å². The molecule has 0 aliphatic carbocycles. The summed E-state index contributed by atoms with van der Waals surface area (Å²) in [7, 11) is 1.69. The lowest BCUT2D eigenvalue weighted by atomic mass is 9.92. The smallest absolute Gasteiger partial charge is 0.255 e. The highest BCUT2D eigenvalue weighted by molar-refractivity contribution is 6.01. The van der Waals surface area contributed by atoms with Gasteiger partial charge in [0.1, 0.15) is 11.4 Å². The van der Waals surface area contributed by atoms with Gasteiger partial charge in [0.25, 0.3) is 5.91 Å². The third kappa shape index (κ3) is 1.58. The second-order valence-electron chi connectivity index (χ2n) is 5.00. The number of likely N-dealkylation sites (N-methyl/N-ethyl adjacent to an activating group) is 1. The zero-order valence-corrected chi connectivity index (χ0v) is 10.8. The number of carbonyl (C=O) groups excluding carboxylic acids is 1. The zero-order valence-electron chi connectivity index (χ0n) is 10.8. The molecule has 2 heterocycles. The first kappa shape index (κ1) is 11.9. The maximum Gasteiger partial charge on any atom is 0.255 e. The van der Waals surface area contributed by atoms with E-state index in [1.165, 1.54) is 11.0 Å². The Hall–Kier alpha value is -2.17. The molecule has 0 fully saturated rings. The predicted octanol–water partition coefficient (Wildman–Crippen LogP) is 1.96. The first-order valence-corrected chi connectivity index (χ1v) is 6.09. The molecule has 1 unspecified atom stereocenters. The van der Waals surface area contributed by atoms with Crippen molar-refractivity contribution < 1.29 is 9.18 Å². The number of fused-ring (bicyclic) bond motifs is 1. The van der Waals surface area contributed by atoms with Gasteiger partial charge in [0.2, 0.25) is 5.95 Å². The van der Waals surface area contributed by atoms with Crippen LogP contribution in [-0.2, 0) is 16.8 Å². The number of nitrogens with zero attached hydrogens (tertiary/aromatic N) is 3. The van der Waals surface area contributed by atoms with E-state index in [0.29, 0.717) is 17.9 Å². The average Bonchev–Trinajstić information content (AvgIpc) is 2.94. The van der Waals surface area contributed by atoms with E-state index in [2.05, 4.69) is 4.98 Å². The van der Waals surface area contributed by atoms with E-state index < -0.39 is 5.54 Å². The van der Waals surface area contributed by atoms with Crippen molar-refractivity contribution in [2.24, 2.45) is 0 Å². The Morgan fingerprint density at radius 2 is 2.11 bits per heavy atom. The largest absolute Gasteiger partial charge is 0.302 e. The fourth-order valence-electron chi connectivity index (χ4n) is 2.66. The number of aromatic nitrogens is 2. The molecule has 0 saturated carbocycles. The number of anilines is 1. The number of carbonyl (C=O) groups is 1. The van der Waals surface area contributed by atoms with Crippen LogP contribution in [-0.4, -0.2) is 22.5 Å². The zero-order chi connectivity index (χ0) is 13.6. The summed E-state index contributed by atoms with van der Waals surface area (Å²) in [5, 5.41) is 0. The Balaban J connectivity index is 2.05. The third-order valence-electron chi connectivity index (χ3n) is 3.71. The van der Waals surface area contributed by atoms with Crippen LogP contribution < -0.4 is 4.90 Å². The molecule has 0 bridgehead atoms. The van der Waals surface area contributed by atoms with Crippen molar-refractivity contribution >= 4 is 11.9 Å². The molecule has 98 valence electrons. The van der Waals surface area contributed by atoms with Crippen molar-refractivity contribution in [3.8, 4) is 0 Å². The summed E-state index contributed by atoms with van der Waals surface area (Å²) in [6.07, 6.45) is 3.72. The number of imidazole rings is 1. The fourth-order valence-corrected chi connectivity index (χ4v) is 2.66. The number of hydrogen-bond acceptors (Lipinski definition) is 2. The van der Waals surface area contributed by atoms with Crippen molar-refractivity contribution in [1.82, 2.24) is 9.55 Å². The molecule has 0 radical (unpaired) electrons. The molecule has 19 heavy (non-hydrogen) atoms. The van der Waals surface area contributed by atoms with Gasteiger partial charge in [0.05, 0.1) is 0 Å². The monoisotopic (exact) mass is 259 g/mol. The van der Waals surface area contributed by atoms with Gasteiger partial charge < -0.3 is 4.57 Å². The van der Waals surface area contributed by atoms with Crippen molar-refractivity contribution in [1.29, 1.82) is 0 Å². The van der Waals surface area contributed by atoms with Gasteiger partial charge in [-0.2, -0.15) is 0 Å². The van der Waals surface area contributed by atoms with Crippen molar-refractivity contribution in [2.75, 3.05) is 11.9 Å². The molecule has 3 rings (SSSR count). The molecular weight excluding hydrogens is 245 g/mol. The lowest BCUT2D eigenvalue weighted by molar-refractivity contribution is -0.124. The molecule has 1 aromatic carbocycles. The maximum absolute atomic E-state index is 13.8. The quantitative estimate of drug-likeness (QED) is 0.826. The second-order valence-corrected chi connectivity index (χ2v) is 5.00. The molecule has 1 aliphatic heterocycles. The van der Waals surface area contributed by atoms with Crippen LogP contribution in [0, 0.1) is 5.82 Å². The van der Waals surface area contributed by atoms with E-state index in [-0.39, 0.29) is 11.7 Å². The van der Waals surface area contributed by atoms with Crippen LogP contribution in [0.3, 0.4) is 0 Å². The minimum Gasteiger partial charge on any atom is -0.302 e. The summed E-state index contributed by atoms with van der Waals surface area (Å²) in [6.45, 7) is 1.82. The molecule has 1 aliphatic rings. The Morgan fingerprint density at radius 1 is 1.37 bits per heavy atom. The second kappa shape index (κ2) is 3.91. The third-order valence-corrected chi connectivity index (χ3v) is 3.71. The van der Waals surface area contributed by atoms with Crippen LogP contribution in [0.2, 0.25) is 0 Å². The van der Waals surface area contributed by atoms with Crippen LogP contribution in [0.15, 0.2) is 36.7 Å². The Morgan fingerprint density at radius 3 is 2.84 bits per heavy atom. The summed E-state index contributed by atoms with van der Waals surface area (Å²) in [6, 6.07) is 6.55. The average molecular weight is 259 g/mol. The summed E-state index contributed by atoms with van der Waals surface area (Å²) < 4.78 is 15.6. The van der Waals surface area contributed by atoms with Gasteiger partial charge in [-0.3, -0.25) is 9.69 Å². The standard InChI is InChI=1S/C14H14FN3O/c1-14(9-10-5-3-4-6-11(10)15)12(19)17(2)13-16-7-8-18(13)14/h3-8H,9H2,1-2H3. The van der Waals surface area contributed by atoms with Crippen LogP contribution in [0.5, 0.6) is 0 Å². The lowest BCUT2D eigenvalue weighted by Crippen LogP contribution is -2.41. The van der Waals surface area contributed by atoms with Gasteiger partial charge in [0.15, 0.2) is 0 Å². The van der Waals surface area contributed by atoms with E-state index in [0.717, 1.165) is 0 Å². The van der Waals surface area contributed by atoms with Gasteiger partial charge in [-0.15, -0.1) is 0 Å². The molecular formula is C14H14FN3O. The molecule has 0 N–H and O–H groups in total. The Labute approximate surface area is 110 Å². The SMILES string of the molecule is CN1C(=O)C(C)(Cc2ccccc2F)n2ccnc21. The number of amides is 1. The molecule has 2 aromatic rings. The van der Waals surface area contributed by atoms with E-state index >= 15 is 0 Å². The summed E-state index contributed by atoms with van der Waals surface area (Å²) in [4.78, 5) is 18.1. The van der Waals surface area contributed by atoms with Gasteiger partial charge in [-0.05, 0) is 18.6 Å². The molecule has 0 spiro atoms. The highest BCUT2D eigenvalue weighted by Crippen LogP contribution is 2.35. The molecule has 5 heteroatoms. The van der Waals surface area contributed by atoms with Crippen molar-refractivity contribution in [3.05, 3.63) is 48.0 Å². The summed E-state index contributed by atoms with van der Waals surface area (Å²) in [5.41, 5.74) is -0.281. The van der Waals surface area contributed by atoms with Gasteiger partial charge in [-0.25, -0.2) is 9.37 Å². The van der Waals surface area contributed by atoms with Crippen molar-refractivity contribution in [3.63, 3.8) is 0 Å². The molecule has 1 amide bonds. The van der Waals surface area contributed by atoms with Crippen LogP contribution >= 0.6 is 0 Å². The Bertz CT molecular complexity index is 652. The minimum atomic E-state index is -0.817. The highest BCUT2D eigenvalue weighted by atomic mass is 19.1. The topological polar surface area (TPSA) is 38.1 Å². The van der Waals surface area contributed by atoms with E-state index in [1.807, 2.05) is 11.5 Å². The van der Waals surface area contributed by atoms with Gasteiger partial charge >= 0.3 is 0 Å². The number of halogens is 1. The fraction of sp³-hybridized carbons (Fsp3) is 0.286. The van der Waals surface area contributed by atoms with E-state index in [1.54, 1.807) is 37.6 Å². The first-order valence-electron chi connectivity index (χ1n) is 6.09. The van der Waals surface area contributed by atoms with Crippen LogP contribution in [0.25, 0.3) is 0 Å². The first-order chi connectivity index (χ1) is 9.04. The number of hydrogen-bond donors (Lipinski definition) is 0. The minimum absolute atomic E-state index is 0.0705. The highest BCUT2D eigenvalue weighted by Gasteiger charge is 2.46. The van der Waals surface area contributed by atoms with Crippen molar-refractivity contribution in [2.45, 2.75) is 18.9 Å². The molecule has 0 saturated heterocycles. The van der Waals surface area contributed by atoms with Crippen LogP contribution in [0.4, 0.5) is 10.3 Å². The maximum atomic E-state index is 13.8. The normalized spacial score (nSPS) is 21.8. The number of benzene rings is 1. The van der Waals surface area contributed by atoms with Crippen LogP contribution in [0.1, 0.15) is 12.5 Å². The molecule has 4 nitrogen and oxygen atoms in total. The predicted molar refractivity (Wildman–Crippen MR) is 69.4 cm³/mol. The Kier molecular flexibility index (Phi) is 2.45. The van der Waals surface area contributed by atoms with Gasteiger partial charge in [0, 0.05) is 25.9 Å². The summed E-state index contributed by atoms with van der Waals surface area (Å²) >= 11 is 0. The van der Waals surface area contributed by atoms with Gasteiger partial charge in [-0.1, -0.05) is 18.2 Å². The summed E-state index contributed by atoms with van der Waals surface area (Å²) in [5.74, 6) is 0.246.